The minimum absolute atomic E-state index is 0.600. The number of hydrogen-bond donors (Lipinski definition) is 2. The first-order valence-electron chi connectivity index (χ1n) is 5.14. The van der Waals surface area contributed by atoms with Gasteiger partial charge in [0.2, 0.25) is 5.96 Å². The van der Waals surface area contributed by atoms with Crippen LogP contribution >= 0.6 is 0 Å². The van der Waals surface area contributed by atoms with E-state index in [-0.39, 0.29) is 0 Å². The maximum atomic E-state index is 5.46. The fourth-order valence-electron chi connectivity index (χ4n) is 1.47. The summed E-state index contributed by atoms with van der Waals surface area (Å²) in [5, 5.41) is 0. The number of benzene rings is 1. The van der Waals surface area contributed by atoms with Crippen molar-refractivity contribution in [1.82, 2.24) is 10.3 Å². The molecule has 1 aromatic carbocycles. The molecule has 0 bridgehead atoms. The lowest BCUT2D eigenvalue weighted by molar-refractivity contribution is 0.476. The van der Waals surface area contributed by atoms with E-state index in [1.165, 1.54) is 12.8 Å². The van der Waals surface area contributed by atoms with E-state index in [0.29, 0.717) is 6.04 Å². The molecule has 0 spiro atoms. The highest BCUT2D eigenvalue weighted by Crippen LogP contribution is 2.25. The first kappa shape index (κ1) is 9.98. The Labute approximate surface area is 89.8 Å². The Morgan fingerprint density at radius 2 is 2.07 bits per heavy atom. The molecule has 0 aliphatic heterocycles. The van der Waals surface area contributed by atoms with E-state index in [1.54, 1.807) is 0 Å². The summed E-state index contributed by atoms with van der Waals surface area (Å²) in [6.45, 7) is 0. The van der Waals surface area contributed by atoms with E-state index in [1.807, 2.05) is 37.4 Å². The zero-order chi connectivity index (χ0) is 10.7. The maximum absolute atomic E-state index is 5.46. The Bertz CT molecular complexity index is 343. The summed E-state index contributed by atoms with van der Waals surface area (Å²) in [6, 6.07) is 10.4. The Balaban J connectivity index is 2.14. The summed E-state index contributed by atoms with van der Waals surface area (Å²) in [6.07, 6.45) is 2.46. The highest BCUT2D eigenvalue weighted by molar-refractivity contribution is 5.82. The summed E-state index contributed by atoms with van der Waals surface area (Å²) in [7, 11) is 2.01. The van der Waals surface area contributed by atoms with Crippen LogP contribution in [0.3, 0.4) is 0 Å². The van der Waals surface area contributed by atoms with Crippen molar-refractivity contribution in [2.24, 2.45) is 10.8 Å². The van der Waals surface area contributed by atoms with Gasteiger partial charge in [-0.2, -0.15) is 0 Å². The molecule has 80 valence electrons. The van der Waals surface area contributed by atoms with Crippen LogP contribution in [-0.2, 0) is 0 Å². The van der Waals surface area contributed by atoms with E-state index < -0.39 is 0 Å². The van der Waals surface area contributed by atoms with Gasteiger partial charge in [0.25, 0.3) is 0 Å². The lowest BCUT2D eigenvalue weighted by Crippen LogP contribution is -2.43. The van der Waals surface area contributed by atoms with Gasteiger partial charge in [-0.25, -0.2) is 10.8 Å². The number of nitrogens with zero attached hydrogens (tertiary/aromatic N) is 2. The second kappa shape index (κ2) is 4.31. The summed E-state index contributed by atoms with van der Waals surface area (Å²) in [5.41, 5.74) is 3.56. The zero-order valence-corrected chi connectivity index (χ0v) is 8.85. The molecule has 4 heteroatoms. The number of hydrogen-bond acceptors (Lipinski definition) is 2. The van der Waals surface area contributed by atoms with E-state index in [9.17, 15) is 0 Å². The molecule has 1 aliphatic rings. The fraction of sp³-hybridized carbons (Fsp3) is 0.364. The average Bonchev–Trinajstić information content (AvgIpc) is 3.10. The first-order chi connectivity index (χ1) is 7.31. The molecular formula is C11H16N4. The molecule has 0 heterocycles. The van der Waals surface area contributed by atoms with Crippen molar-refractivity contribution in [3.8, 4) is 0 Å². The zero-order valence-electron chi connectivity index (χ0n) is 8.85. The third kappa shape index (κ3) is 2.47. The monoisotopic (exact) mass is 204 g/mol. The molecular weight excluding hydrogens is 188 g/mol. The molecule has 15 heavy (non-hydrogen) atoms. The highest BCUT2D eigenvalue weighted by Gasteiger charge is 2.28. The van der Waals surface area contributed by atoms with Gasteiger partial charge in [0.05, 0.1) is 5.69 Å². The summed E-state index contributed by atoms with van der Waals surface area (Å²) < 4.78 is 0. The van der Waals surface area contributed by atoms with Crippen LogP contribution in [0, 0.1) is 0 Å². The van der Waals surface area contributed by atoms with Crippen molar-refractivity contribution in [2.45, 2.75) is 18.9 Å². The van der Waals surface area contributed by atoms with Crippen LogP contribution in [-0.4, -0.2) is 23.9 Å². The number of nitrogens with one attached hydrogen (secondary N) is 1. The predicted molar refractivity (Wildman–Crippen MR) is 61.6 cm³/mol. The quantitative estimate of drug-likeness (QED) is 0.330. The van der Waals surface area contributed by atoms with Crippen molar-refractivity contribution >= 4 is 11.6 Å². The van der Waals surface area contributed by atoms with Crippen LogP contribution in [0.5, 0.6) is 0 Å². The van der Waals surface area contributed by atoms with Gasteiger partial charge in [0, 0.05) is 13.1 Å². The van der Waals surface area contributed by atoms with Crippen molar-refractivity contribution in [3.05, 3.63) is 30.3 Å². The van der Waals surface area contributed by atoms with Gasteiger partial charge in [0.1, 0.15) is 0 Å². The molecule has 4 nitrogen and oxygen atoms in total. The molecule has 2 rings (SSSR count). The van der Waals surface area contributed by atoms with Crippen molar-refractivity contribution < 1.29 is 0 Å². The van der Waals surface area contributed by atoms with Gasteiger partial charge in [-0.1, -0.05) is 18.2 Å². The lowest BCUT2D eigenvalue weighted by atomic mass is 10.3. The second-order valence-corrected chi connectivity index (χ2v) is 3.76. The van der Waals surface area contributed by atoms with Crippen molar-refractivity contribution in [1.29, 1.82) is 0 Å². The van der Waals surface area contributed by atoms with Crippen LogP contribution in [0.2, 0.25) is 0 Å². The molecule has 0 amide bonds. The normalized spacial score (nSPS) is 16.3. The molecule has 0 radical (unpaired) electrons. The summed E-state index contributed by atoms with van der Waals surface area (Å²) in [5.74, 6) is 6.19. The molecule has 1 aliphatic carbocycles. The van der Waals surface area contributed by atoms with E-state index in [4.69, 9.17) is 5.84 Å². The number of guanidine groups is 1. The van der Waals surface area contributed by atoms with Gasteiger partial charge < -0.3 is 4.90 Å². The first-order valence-corrected chi connectivity index (χ1v) is 5.14. The number of hydrazine groups is 1. The van der Waals surface area contributed by atoms with Gasteiger partial charge >= 0.3 is 0 Å². The fourth-order valence-corrected chi connectivity index (χ4v) is 1.47. The Morgan fingerprint density at radius 1 is 1.40 bits per heavy atom. The highest BCUT2D eigenvalue weighted by atomic mass is 15.4. The van der Waals surface area contributed by atoms with Gasteiger partial charge in [0.15, 0.2) is 0 Å². The Morgan fingerprint density at radius 3 is 2.60 bits per heavy atom. The minimum atomic E-state index is 0.600. The number of para-hydroxylation sites is 1. The minimum Gasteiger partial charge on any atom is -0.342 e. The predicted octanol–water partition coefficient (Wildman–Crippen LogP) is 1.23. The van der Waals surface area contributed by atoms with Gasteiger partial charge in [-0.05, 0) is 25.0 Å². The maximum Gasteiger partial charge on any atom is 0.213 e. The molecule has 1 saturated carbocycles. The molecule has 1 aromatic rings. The van der Waals surface area contributed by atoms with E-state index in [2.05, 4.69) is 15.3 Å². The third-order valence-corrected chi connectivity index (χ3v) is 2.55. The van der Waals surface area contributed by atoms with E-state index >= 15 is 0 Å². The van der Waals surface area contributed by atoms with Crippen LogP contribution in [0.15, 0.2) is 35.3 Å². The molecule has 0 aromatic heterocycles. The third-order valence-electron chi connectivity index (χ3n) is 2.55. The van der Waals surface area contributed by atoms with Gasteiger partial charge in [-0.3, -0.25) is 5.43 Å². The van der Waals surface area contributed by atoms with Crippen LogP contribution < -0.4 is 11.3 Å². The summed E-state index contributed by atoms with van der Waals surface area (Å²) in [4.78, 5) is 6.54. The lowest BCUT2D eigenvalue weighted by Gasteiger charge is -2.19. The van der Waals surface area contributed by atoms with Crippen molar-refractivity contribution in [3.63, 3.8) is 0 Å². The van der Waals surface area contributed by atoms with Crippen LogP contribution in [0.1, 0.15) is 12.8 Å². The molecule has 1 fully saturated rings. The largest absolute Gasteiger partial charge is 0.342 e. The number of aliphatic imine (C=N–C) groups is 1. The topological polar surface area (TPSA) is 53.6 Å². The SMILES string of the molecule is CN(C(=Nc1ccccc1)NN)C1CC1. The van der Waals surface area contributed by atoms with Crippen molar-refractivity contribution in [2.75, 3.05) is 7.05 Å². The second-order valence-electron chi connectivity index (χ2n) is 3.76. The molecule has 0 saturated heterocycles. The van der Waals surface area contributed by atoms with Crippen LogP contribution in [0.25, 0.3) is 0 Å². The molecule has 3 N–H and O–H groups in total. The Kier molecular flexibility index (Phi) is 2.87. The molecule has 0 atom stereocenters. The smallest absolute Gasteiger partial charge is 0.213 e. The van der Waals surface area contributed by atoms with Crippen LogP contribution in [0.4, 0.5) is 5.69 Å². The summed E-state index contributed by atoms with van der Waals surface area (Å²) >= 11 is 0. The number of nitrogens with two attached hydrogens (primary N) is 1. The number of rotatable bonds is 2. The molecule has 0 unspecified atom stereocenters. The Hall–Kier alpha value is -1.55. The van der Waals surface area contributed by atoms with E-state index in [0.717, 1.165) is 11.6 Å². The average molecular weight is 204 g/mol. The standard InChI is InChI=1S/C11H16N4/c1-15(10-7-8-10)11(14-12)13-9-5-3-2-4-6-9/h2-6,10H,7-8,12H2,1H3,(H,13,14). The van der Waals surface area contributed by atoms with Gasteiger partial charge in [-0.15, -0.1) is 0 Å².